The Morgan fingerprint density at radius 2 is 1.61 bits per heavy atom. The second kappa shape index (κ2) is 4.67. The lowest BCUT2D eigenvalue weighted by Gasteiger charge is -2.07. The van der Waals surface area contributed by atoms with Crippen LogP contribution in [0.3, 0.4) is 0 Å². The monoisotopic (exact) mass is 254 g/mol. The largest absolute Gasteiger partial charge is 0.340 e. The van der Waals surface area contributed by atoms with Crippen molar-refractivity contribution in [3.05, 3.63) is 65.7 Å². The summed E-state index contributed by atoms with van der Waals surface area (Å²) in [6, 6.07) is 19.6. The Kier molecular flexibility index (Phi) is 2.87. The van der Waals surface area contributed by atoms with E-state index in [1.165, 1.54) is 0 Å². The zero-order valence-corrected chi connectivity index (χ0v) is 10.4. The second-order valence-corrected chi connectivity index (χ2v) is 4.40. The highest BCUT2D eigenvalue weighted by Crippen LogP contribution is 2.26. The van der Waals surface area contributed by atoms with Gasteiger partial charge in [-0.2, -0.15) is 0 Å². The van der Waals surface area contributed by atoms with Gasteiger partial charge >= 0.3 is 0 Å². The summed E-state index contributed by atoms with van der Waals surface area (Å²) >= 11 is 6.25. The van der Waals surface area contributed by atoms with Gasteiger partial charge in [0.1, 0.15) is 5.82 Å². The van der Waals surface area contributed by atoms with Crippen molar-refractivity contribution in [2.24, 2.45) is 0 Å². The number of pyridine rings is 1. The van der Waals surface area contributed by atoms with Crippen molar-refractivity contribution in [1.29, 1.82) is 0 Å². The number of anilines is 2. The Balaban J connectivity index is 2.03. The highest BCUT2D eigenvalue weighted by molar-refractivity contribution is 6.35. The van der Waals surface area contributed by atoms with Crippen LogP contribution in [0.5, 0.6) is 0 Å². The SMILES string of the molecule is Clc1cc(Nc2ccccc2)nc2ccccc12. The van der Waals surface area contributed by atoms with Crippen molar-refractivity contribution in [2.45, 2.75) is 0 Å². The first kappa shape index (κ1) is 11.1. The number of rotatable bonds is 2. The van der Waals surface area contributed by atoms with E-state index in [4.69, 9.17) is 11.6 Å². The fourth-order valence-corrected chi connectivity index (χ4v) is 2.13. The van der Waals surface area contributed by atoms with Gasteiger partial charge in [-0.1, -0.05) is 48.0 Å². The molecule has 0 saturated heterocycles. The maximum atomic E-state index is 6.25. The van der Waals surface area contributed by atoms with Crippen LogP contribution in [-0.4, -0.2) is 4.98 Å². The van der Waals surface area contributed by atoms with Gasteiger partial charge in [-0.05, 0) is 18.2 Å². The first-order valence-corrected chi connectivity index (χ1v) is 6.08. The minimum absolute atomic E-state index is 0.707. The van der Waals surface area contributed by atoms with Crippen LogP contribution in [0.15, 0.2) is 60.7 Å². The van der Waals surface area contributed by atoms with Gasteiger partial charge in [0, 0.05) is 17.1 Å². The molecule has 0 radical (unpaired) electrons. The Hall–Kier alpha value is -2.06. The molecule has 0 unspecified atom stereocenters. The summed E-state index contributed by atoms with van der Waals surface area (Å²) in [6.07, 6.45) is 0. The Morgan fingerprint density at radius 1 is 0.889 bits per heavy atom. The van der Waals surface area contributed by atoms with E-state index in [-0.39, 0.29) is 0 Å². The van der Waals surface area contributed by atoms with E-state index in [0.29, 0.717) is 5.02 Å². The molecule has 2 nitrogen and oxygen atoms in total. The molecular formula is C15H11ClN2. The second-order valence-electron chi connectivity index (χ2n) is 4.00. The lowest BCUT2D eigenvalue weighted by molar-refractivity contribution is 1.37. The van der Waals surface area contributed by atoms with E-state index < -0.39 is 0 Å². The van der Waals surface area contributed by atoms with Crippen molar-refractivity contribution in [3.63, 3.8) is 0 Å². The maximum Gasteiger partial charge on any atom is 0.132 e. The highest BCUT2D eigenvalue weighted by atomic mass is 35.5. The van der Waals surface area contributed by atoms with Crippen molar-refractivity contribution in [3.8, 4) is 0 Å². The lowest BCUT2D eigenvalue weighted by Crippen LogP contribution is -1.93. The summed E-state index contributed by atoms with van der Waals surface area (Å²) in [5, 5.41) is 4.92. The van der Waals surface area contributed by atoms with E-state index in [1.807, 2.05) is 60.7 Å². The number of aromatic nitrogens is 1. The van der Waals surface area contributed by atoms with Crippen LogP contribution >= 0.6 is 11.6 Å². The number of para-hydroxylation sites is 2. The third kappa shape index (κ3) is 2.15. The van der Waals surface area contributed by atoms with Crippen molar-refractivity contribution in [2.75, 3.05) is 5.32 Å². The molecule has 0 spiro atoms. The molecule has 0 aliphatic carbocycles. The minimum atomic E-state index is 0.707. The Bertz CT molecular complexity index is 680. The zero-order valence-electron chi connectivity index (χ0n) is 9.60. The molecule has 3 rings (SSSR count). The van der Waals surface area contributed by atoms with Crippen LogP contribution in [0.25, 0.3) is 10.9 Å². The van der Waals surface area contributed by atoms with Crippen LogP contribution < -0.4 is 5.32 Å². The van der Waals surface area contributed by atoms with Crippen molar-refractivity contribution >= 4 is 34.0 Å². The van der Waals surface area contributed by atoms with Crippen LogP contribution in [0.2, 0.25) is 5.02 Å². The number of hydrogen-bond donors (Lipinski definition) is 1. The molecule has 18 heavy (non-hydrogen) atoms. The van der Waals surface area contributed by atoms with Crippen LogP contribution in [-0.2, 0) is 0 Å². The van der Waals surface area contributed by atoms with Gasteiger partial charge in [0.15, 0.2) is 0 Å². The molecule has 3 aromatic rings. The van der Waals surface area contributed by atoms with Gasteiger partial charge in [0.2, 0.25) is 0 Å². The average Bonchev–Trinajstić information content (AvgIpc) is 2.40. The van der Waals surface area contributed by atoms with E-state index in [9.17, 15) is 0 Å². The highest BCUT2D eigenvalue weighted by Gasteiger charge is 2.03. The fourth-order valence-electron chi connectivity index (χ4n) is 1.87. The van der Waals surface area contributed by atoms with Gasteiger partial charge in [0.25, 0.3) is 0 Å². The van der Waals surface area contributed by atoms with Gasteiger partial charge < -0.3 is 5.32 Å². The van der Waals surface area contributed by atoms with Crippen LogP contribution in [0, 0.1) is 0 Å². The predicted molar refractivity (Wildman–Crippen MR) is 76.5 cm³/mol. The van der Waals surface area contributed by atoms with Gasteiger partial charge in [0.05, 0.1) is 10.5 Å². The molecule has 1 N–H and O–H groups in total. The summed E-state index contributed by atoms with van der Waals surface area (Å²) in [5.41, 5.74) is 1.89. The molecule has 0 bridgehead atoms. The number of halogens is 1. The standard InChI is InChI=1S/C15H11ClN2/c16-13-10-15(17-11-6-2-1-3-7-11)18-14-9-5-4-8-12(13)14/h1-10H,(H,17,18). The van der Waals surface area contributed by atoms with E-state index >= 15 is 0 Å². The smallest absolute Gasteiger partial charge is 0.132 e. The number of benzene rings is 2. The Morgan fingerprint density at radius 3 is 2.44 bits per heavy atom. The molecule has 0 amide bonds. The summed E-state index contributed by atoms with van der Waals surface area (Å²) < 4.78 is 0. The molecule has 3 heteroatoms. The molecule has 88 valence electrons. The van der Waals surface area contributed by atoms with E-state index in [2.05, 4.69) is 10.3 Å². The summed E-state index contributed by atoms with van der Waals surface area (Å²) in [7, 11) is 0. The van der Waals surface area contributed by atoms with Crippen LogP contribution in [0.1, 0.15) is 0 Å². The van der Waals surface area contributed by atoms with Crippen molar-refractivity contribution < 1.29 is 0 Å². The molecule has 0 saturated carbocycles. The Labute approximate surface area is 110 Å². The summed E-state index contributed by atoms with van der Waals surface area (Å²) in [6.45, 7) is 0. The van der Waals surface area contributed by atoms with E-state index in [1.54, 1.807) is 0 Å². The molecule has 0 fully saturated rings. The minimum Gasteiger partial charge on any atom is -0.340 e. The number of hydrogen-bond acceptors (Lipinski definition) is 2. The average molecular weight is 255 g/mol. The van der Waals surface area contributed by atoms with Crippen molar-refractivity contribution in [1.82, 2.24) is 4.98 Å². The molecular weight excluding hydrogens is 244 g/mol. The number of fused-ring (bicyclic) bond motifs is 1. The lowest BCUT2D eigenvalue weighted by atomic mass is 10.2. The van der Waals surface area contributed by atoms with Gasteiger partial charge in [-0.15, -0.1) is 0 Å². The molecule has 1 aromatic heterocycles. The summed E-state index contributed by atoms with van der Waals surface area (Å²) in [4.78, 5) is 4.54. The van der Waals surface area contributed by atoms with Gasteiger partial charge in [-0.3, -0.25) is 0 Å². The third-order valence-corrected chi connectivity index (χ3v) is 3.02. The molecule has 1 heterocycles. The maximum absolute atomic E-state index is 6.25. The normalized spacial score (nSPS) is 10.5. The third-order valence-electron chi connectivity index (χ3n) is 2.71. The number of nitrogens with zero attached hydrogens (tertiary/aromatic N) is 1. The quantitative estimate of drug-likeness (QED) is 0.721. The molecule has 0 atom stereocenters. The zero-order chi connectivity index (χ0) is 12.4. The van der Waals surface area contributed by atoms with E-state index in [0.717, 1.165) is 22.4 Å². The first-order chi connectivity index (χ1) is 8.83. The summed E-state index contributed by atoms with van der Waals surface area (Å²) in [5.74, 6) is 0.755. The molecule has 0 aliphatic heterocycles. The van der Waals surface area contributed by atoms with Crippen LogP contribution in [0.4, 0.5) is 11.5 Å². The predicted octanol–water partition coefficient (Wildman–Crippen LogP) is 4.63. The number of nitrogens with one attached hydrogen (secondary N) is 1. The molecule has 2 aromatic carbocycles. The van der Waals surface area contributed by atoms with Gasteiger partial charge in [-0.25, -0.2) is 4.98 Å². The fraction of sp³-hybridized carbons (Fsp3) is 0. The first-order valence-electron chi connectivity index (χ1n) is 5.70. The molecule has 0 aliphatic rings. The topological polar surface area (TPSA) is 24.9 Å².